The van der Waals surface area contributed by atoms with Gasteiger partial charge < -0.3 is 10.7 Å². The first kappa shape index (κ1) is 9.93. The molecule has 3 N–H and O–H groups in total. The molecular weight excluding hydrogens is 186 g/mol. The van der Waals surface area contributed by atoms with Crippen molar-refractivity contribution in [2.45, 2.75) is 18.9 Å². The molecule has 15 heavy (non-hydrogen) atoms. The third-order valence-corrected chi connectivity index (χ3v) is 2.50. The van der Waals surface area contributed by atoms with Gasteiger partial charge in [0.1, 0.15) is 0 Å². The van der Waals surface area contributed by atoms with E-state index in [1.165, 1.54) is 5.56 Å². The van der Waals surface area contributed by atoms with Gasteiger partial charge in [-0.3, -0.25) is 0 Å². The number of H-pyrrole nitrogens is 1. The highest BCUT2D eigenvalue weighted by atomic mass is 14.9. The van der Waals surface area contributed by atoms with E-state index >= 15 is 0 Å². The summed E-state index contributed by atoms with van der Waals surface area (Å²) in [6.07, 6.45) is 4.30. The SMILES string of the molecule is CC(N)(Cc1ccccc1)c1c[nH]cn1. The van der Waals surface area contributed by atoms with Gasteiger partial charge in [-0.1, -0.05) is 30.3 Å². The Balaban J connectivity index is 2.18. The molecule has 2 rings (SSSR count). The van der Waals surface area contributed by atoms with Crippen LogP contribution in [0, 0.1) is 0 Å². The number of nitrogens with zero attached hydrogens (tertiary/aromatic N) is 1. The van der Waals surface area contributed by atoms with E-state index in [4.69, 9.17) is 5.73 Å². The molecule has 2 aromatic rings. The third-order valence-electron chi connectivity index (χ3n) is 2.50. The molecule has 78 valence electrons. The number of nitrogens with one attached hydrogen (secondary N) is 1. The number of aromatic nitrogens is 2. The third kappa shape index (κ3) is 2.25. The molecule has 1 aromatic heterocycles. The van der Waals surface area contributed by atoms with Gasteiger partial charge in [-0.2, -0.15) is 0 Å². The number of imidazole rings is 1. The fraction of sp³-hybridized carbons (Fsp3) is 0.250. The van der Waals surface area contributed by atoms with Gasteiger partial charge in [-0.05, 0) is 18.9 Å². The van der Waals surface area contributed by atoms with Crippen molar-refractivity contribution >= 4 is 0 Å². The molecule has 1 unspecified atom stereocenters. The summed E-state index contributed by atoms with van der Waals surface area (Å²) in [5.74, 6) is 0. The van der Waals surface area contributed by atoms with E-state index < -0.39 is 5.54 Å². The molecule has 1 aromatic carbocycles. The van der Waals surface area contributed by atoms with Crippen LogP contribution in [0.4, 0.5) is 0 Å². The molecule has 0 aliphatic heterocycles. The molecule has 0 aliphatic rings. The minimum absolute atomic E-state index is 0.415. The minimum atomic E-state index is -0.415. The van der Waals surface area contributed by atoms with Gasteiger partial charge >= 0.3 is 0 Å². The number of benzene rings is 1. The average Bonchev–Trinajstić information content (AvgIpc) is 2.71. The largest absolute Gasteiger partial charge is 0.351 e. The van der Waals surface area contributed by atoms with Crippen molar-refractivity contribution in [1.82, 2.24) is 9.97 Å². The Morgan fingerprint density at radius 1 is 1.33 bits per heavy atom. The second-order valence-corrected chi connectivity index (χ2v) is 4.03. The van der Waals surface area contributed by atoms with Gasteiger partial charge in [0.25, 0.3) is 0 Å². The Morgan fingerprint density at radius 2 is 2.07 bits per heavy atom. The molecule has 0 bridgehead atoms. The van der Waals surface area contributed by atoms with Crippen LogP contribution in [-0.2, 0) is 12.0 Å². The summed E-state index contributed by atoms with van der Waals surface area (Å²) in [6.45, 7) is 2.00. The van der Waals surface area contributed by atoms with Gasteiger partial charge in [0.2, 0.25) is 0 Å². The lowest BCUT2D eigenvalue weighted by atomic mass is 9.91. The number of hydrogen-bond donors (Lipinski definition) is 2. The van der Waals surface area contributed by atoms with Crippen molar-refractivity contribution in [1.29, 1.82) is 0 Å². The van der Waals surface area contributed by atoms with Crippen molar-refractivity contribution in [2.75, 3.05) is 0 Å². The standard InChI is InChI=1S/C12H15N3/c1-12(13,11-8-14-9-15-11)7-10-5-3-2-4-6-10/h2-6,8-9H,7,13H2,1H3,(H,14,15). The van der Waals surface area contributed by atoms with Gasteiger partial charge in [-0.15, -0.1) is 0 Å². The Hall–Kier alpha value is -1.61. The van der Waals surface area contributed by atoms with E-state index in [0.717, 1.165) is 12.1 Å². The van der Waals surface area contributed by atoms with Crippen molar-refractivity contribution in [3.8, 4) is 0 Å². The summed E-state index contributed by atoms with van der Waals surface area (Å²) in [5, 5.41) is 0. The molecule has 0 amide bonds. The van der Waals surface area contributed by atoms with Crippen LogP contribution in [0.1, 0.15) is 18.2 Å². The molecule has 0 aliphatic carbocycles. The topological polar surface area (TPSA) is 54.7 Å². The summed E-state index contributed by atoms with van der Waals surface area (Å²) in [6, 6.07) is 10.2. The van der Waals surface area contributed by atoms with E-state index in [1.807, 2.05) is 31.3 Å². The lowest BCUT2D eigenvalue weighted by molar-refractivity contribution is 0.478. The molecular formula is C12H15N3. The second kappa shape index (κ2) is 3.87. The first-order valence-corrected chi connectivity index (χ1v) is 5.00. The van der Waals surface area contributed by atoms with Crippen LogP contribution in [0.3, 0.4) is 0 Å². The van der Waals surface area contributed by atoms with Crippen LogP contribution >= 0.6 is 0 Å². The molecule has 0 radical (unpaired) electrons. The Kier molecular flexibility index (Phi) is 2.56. The highest BCUT2D eigenvalue weighted by Crippen LogP contribution is 2.20. The van der Waals surface area contributed by atoms with E-state index in [1.54, 1.807) is 6.33 Å². The Labute approximate surface area is 89.4 Å². The highest BCUT2D eigenvalue weighted by Gasteiger charge is 2.23. The Morgan fingerprint density at radius 3 is 2.67 bits per heavy atom. The summed E-state index contributed by atoms with van der Waals surface area (Å²) in [7, 11) is 0. The molecule has 3 heteroatoms. The van der Waals surface area contributed by atoms with Gasteiger partial charge in [0.15, 0.2) is 0 Å². The number of aromatic amines is 1. The molecule has 3 nitrogen and oxygen atoms in total. The first-order chi connectivity index (χ1) is 7.18. The predicted octanol–water partition coefficient (Wildman–Crippen LogP) is 1.83. The van der Waals surface area contributed by atoms with Crippen LogP contribution in [0.2, 0.25) is 0 Å². The lowest BCUT2D eigenvalue weighted by Crippen LogP contribution is -2.35. The monoisotopic (exact) mass is 201 g/mol. The maximum atomic E-state index is 6.23. The summed E-state index contributed by atoms with van der Waals surface area (Å²) in [5.41, 5.74) is 7.94. The zero-order valence-corrected chi connectivity index (χ0v) is 8.77. The Bertz CT molecular complexity index is 404. The molecule has 0 saturated carbocycles. The van der Waals surface area contributed by atoms with Crippen molar-refractivity contribution < 1.29 is 0 Å². The number of nitrogens with two attached hydrogens (primary N) is 1. The molecule has 1 heterocycles. The predicted molar refractivity (Wildman–Crippen MR) is 60.3 cm³/mol. The number of rotatable bonds is 3. The maximum absolute atomic E-state index is 6.23. The van der Waals surface area contributed by atoms with Crippen LogP contribution in [0.5, 0.6) is 0 Å². The smallest absolute Gasteiger partial charge is 0.0923 e. The van der Waals surface area contributed by atoms with Crippen LogP contribution < -0.4 is 5.73 Å². The lowest BCUT2D eigenvalue weighted by Gasteiger charge is -2.22. The van der Waals surface area contributed by atoms with Gasteiger partial charge in [0, 0.05) is 6.20 Å². The highest BCUT2D eigenvalue weighted by molar-refractivity contribution is 5.21. The van der Waals surface area contributed by atoms with Crippen molar-refractivity contribution in [2.24, 2.45) is 5.73 Å². The number of hydrogen-bond acceptors (Lipinski definition) is 2. The summed E-state index contributed by atoms with van der Waals surface area (Å²) < 4.78 is 0. The van der Waals surface area contributed by atoms with Gasteiger partial charge in [0.05, 0.1) is 17.6 Å². The molecule has 0 saturated heterocycles. The fourth-order valence-electron chi connectivity index (χ4n) is 1.68. The van der Waals surface area contributed by atoms with E-state index in [0.29, 0.717) is 0 Å². The van der Waals surface area contributed by atoms with Crippen molar-refractivity contribution in [3.63, 3.8) is 0 Å². The van der Waals surface area contributed by atoms with E-state index in [-0.39, 0.29) is 0 Å². The summed E-state index contributed by atoms with van der Waals surface area (Å²) in [4.78, 5) is 7.13. The van der Waals surface area contributed by atoms with Crippen LogP contribution in [0.15, 0.2) is 42.9 Å². The zero-order valence-electron chi connectivity index (χ0n) is 8.77. The zero-order chi connectivity index (χ0) is 10.7. The quantitative estimate of drug-likeness (QED) is 0.796. The first-order valence-electron chi connectivity index (χ1n) is 5.00. The minimum Gasteiger partial charge on any atom is -0.351 e. The average molecular weight is 201 g/mol. The second-order valence-electron chi connectivity index (χ2n) is 4.03. The van der Waals surface area contributed by atoms with E-state index in [2.05, 4.69) is 22.1 Å². The normalized spacial score (nSPS) is 14.8. The molecule has 0 fully saturated rings. The summed E-state index contributed by atoms with van der Waals surface area (Å²) >= 11 is 0. The fourth-order valence-corrected chi connectivity index (χ4v) is 1.68. The van der Waals surface area contributed by atoms with Crippen molar-refractivity contribution in [3.05, 3.63) is 54.1 Å². The van der Waals surface area contributed by atoms with Crippen LogP contribution in [0.25, 0.3) is 0 Å². The van der Waals surface area contributed by atoms with Crippen LogP contribution in [-0.4, -0.2) is 9.97 Å². The molecule has 1 atom stereocenters. The van der Waals surface area contributed by atoms with E-state index in [9.17, 15) is 0 Å². The maximum Gasteiger partial charge on any atom is 0.0923 e. The van der Waals surface area contributed by atoms with Gasteiger partial charge in [-0.25, -0.2) is 4.98 Å². The molecule has 0 spiro atoms.